The fourth-order valence-corrected chi connectivity index (χ4v) is 2.25. The summed E-state index contributed by atoms with van der Waals surface area (Å²) < 4.78 is 13.0. The topological polar surface area (TPSA) is 79.9 Å². The lowest BCUT2D eigenvalue weighted by atomic mass is 9.99. The van der Waals surface area contributed by atoms with Crippen molar-refractivity contribution in [2.45, 2.75) is 6.54 Å². The molecule has 0 aliphatic heterocycles. The predicted molar refractivity (Wildman–Crippen MR) is 87.2 cm³/mol. The lowest BCUT2D eigenvalue weighted by Gasteiger charge is -2.25. The van der Waals surface area contributed by atoms with Crippen LogP contribution in [0.5, 0.6) is 0 Å². The summed E-state index contributed by atoms with van der Waals surface area (Å²) in [4.78, 5) is 1.82. The Hall–Kier alpha value is -2.73. The quantitative estimate of drug-likeness (QED) is 0.444. The van der Waals surface area contributed by atoms with Gasteiger partial charge in [0.05, 0.1) is 12.3 Å². The van der Waals surface area contributed by atoms with Crippen molar-refractivity contribution in [3.05, 3.63) is 71.2 Å². The van der Waals surface area contributed by atoms with Gasteiger partial charge in [0.2, 0.25) is 0 Å². The number of hydrogen-bond acceptors (Lipinski definition) is 5. The van der Waals surface area contributed by atoms with Gasteiger partial charge in [-0.25, -0.2) is 4.39 Å². The van der Waals surface area contributed by atoms with Gasteiger partial charge in [-0.2, -0.15) is 0 Å². The summed E-state index contributed by atoms with van der Waals surface area (Å²) in [5.41, 5.74) is 2.42. The van der Waals surface area contributed by atoms with Crippen LogP contribution < -0.4 is 0 Å². The Morgan fingerprint density at radius 1 is 1.26 bits per heavy atom. The van der Waals surface area contributed by atoms with E-state index >= 15 is 0 Å². The highest BCUT2D eigenvalue weighted by Gasteiger charge is 2.20. The molecule has 1 aliphatic carbocycles. The molecule has 0 radical (unpaired) electrons. The molecule has 1 aromatic carbocycles. The zero-order valence-electron chi connectivity index (χ0n) is 12.7. The molecule has 1 aliphatic rings. The van der Waals surface area contributed by atoms with Crippen LogP contribution in [0.15, 0.2) is 65.0 Å². The van der Waals surface area contributed by atoms with Crippen LogP contribution in [0.4, 0.5) is 4.39 Å². The molecule has 0 aromatic heterocycles. The number of nitrogens with zero attached hydrogens (tertiary/aromatic N) is 2. The molecule has 1 aromatic rings. The summed E-state index contributed by atoms with van der Waals surface area (Å²) in [5.74, 6) is -0.296. The number of aliphatic hydroxyl groups is 1. The summed E-state index contributed by atoms with van der Waals surface area (Å²) in [6, 6.07) is 6.14. The third-order valence-electron chi connectivity index (χ3n) is 3.39. The van der Waals surface area contributed by atoms with Crippen molar-refractivity contribution in [2.24, 2.45) is 5.16 Å². The minimum Gasteiger partial charge on any atom is -0.410 e. The minimum absolute atomic E-state index is 0.0956. The number of hydrogen-bond donors (Lipinski definition) is 3. The third kappa shape index (κ3) is 4.14. The molecule has 0 saturated heterocycles. The lowest BCUT2D eigenvalue weighted by Crippen LogP contribution is -2.29. The maximum atomic E-state index is 13.0. The molecule has 5 nitrogen and oxygen atoms in total. The van der Waals surface area contributed by atoms with Gasteiger partial charge in [0.25, 0.3) is 0 Å². The number of benzene rings is 1. The standard InChI is InChI=1S/C17H18FN3O2/c1-21(11-12-4-6-14(18)7-5-12)16-10-13(3-2-8-22)9-15(20-23)17(16)19/h2-7,9-10,19,22-23H,8,11H2,1H3/b3-2+,19-17?,20-15-. The van der Waals surface area contributed by atoms with Crippen LogP contribution >= 0.6 is 0 Å². The first kappa shape index (κ1) is 16.6. The number of allylic oxidation sites excluding steroid dienone is 5. The number of nitrogens with one attached hydrogen (secondary N) is 1. The molecule has 120 valence electrons. The van der Waals surface area contributed by atoms with Crippen LogP contribution in [0.3, 0.4) is 0 Å². The van der Waals surface area contributed by atoms with Crippen molar-refractivity contribution in [1.82, 2.24) is 4.90 Å². The van der Waals surface area contributed by atoms with Gasteiger partial charge in [-0.3, -0.25) is 5.41 Å². The van der Waals surface area contributed by atoms with Gasteiger partial charge in [0.1, 0.15) is 17.2 Å². The van der Waals surface area contributed by atoms with Crippen molar-refractivity contribution in [2.75, 3.05) is 13.7 Å². The fourth-order valence-electron chi connectivity index (χ4n) is 2.25. The zero-order valence-corrected chi connectivity index (χ0v) is 12.7. The van der Waals surface area contributed by atoms with Gasteiger partial charge in [-0.05, 0) is 35.4 Å². The van der Waals surface area contributed by atoms with E-state index in [1.54, 1.807) is 43.5 Å². The molecule has 0 saturated carbocycles. The molecule has 23 heavy (non-hydrogen) atoms. The first-order valence-electron chi connectivity index (χ1n) is 7.03. The Kier molecular flexibility index (Phi) is 5.43. The van der Waals surface area contributed by atoms with Gasteiger partial charge >= 0.3 is 0 Å². The molecule has 0 amide bonds. The minimum atomic E-state index is -0.296. The first-order valence-corrected chi connectivity index (χ1v) is 7.03. The van der Waals surface area contributed by atoms with E-state index in [1.165, 1.54) is 12.1 Å². The molecule has 6 heteroatoms. The van der Waals surface area contributed by atoms with Crippen molar-refractivity contribution in [1.29, 1.82) is 5.41 Å². The van der Waals surface area contributed by atoms with E-state index in [0.29, 0.717) is 17.8 Å². The van der Waals surface area contributed by atoms with E-state index < -0.39 is 0 Å². The second-order valence-electron chi connectivity index (χ2n) is 5.10. The number of rotatable bonds is 5. The summed E-state index contributed by atoms with van der Waals surface area (Å²) in [6.07, 6.45) is 6.57. The summed E-state index contributed by atoms with van der Waals surface area (Å²) >= 11 is 0. The van der Waals surface area contributed by atoms with E-state index in [-0.39, 0.29) is 23.8 Å². The van der Waals surface area contributed by atoms with E-state index in [1.807, 2.05) is 4.90 Å². The summed E-state index contributed by atoms with van der Waals surface area (Å²) in [7, 11) is 1.80. The maximum absolute atomic E-state index is 13.0. The number of halogens is 1. The van der Waals surface area contributed by atoms with Crippen LogP contribution in [-0.2, 0) is 6.54 Å². The lowest BCUT2D eigenvalue weighted by molar-refractivity contribution is 0.320. The Bertz CT molecular complexity index is 703. The summed E-state index contributed by atoms with van der Waals surface area (Å²) in [5, 5.41) is 29.2. The van der Waals surface area contributed by atoms with Crippen LogP contribution in [0, 0.1) is 11.2 Å². The second kappa shape index (κ2) is 7.51. The average molecular weight is 315 g/mol. The van der Waals surface area contributed by atoms with Crippen LogP contribution in [-0.4, -0.2) is 40.3 Å². The third-order valence-corrected chi connectivity index (χ3v) is 3.39. The molecule has 3 N–H and O–H groups in total. The zero-order chi connectivity index (χ0) is 16.8. The van der Waals surface area contributed by atoms with E-state index in [9.17, 15) is 4.39 Å². The molecule has 0 bridgehead atoms. The highest BCUT2D eigenvalue weighted by atomic mass is 19.1. The van der Waals surface area contributed by atoms with Crippen molar-refractivity contribution in [3.8, 4) is 0 Å². The van der Waals surface area contributed by atoms with Gasteiger partial charge in [-0.1, -0.05) is 29.4 Å². The van der Waals surface area contributed by atoms with Gasteiger partial charge in [0.15, 0.2) is 0 Å². The van der Waals surface area contributed by atoms with Crippen LogP contribution in [0.2, 0.25) is 0 Å². The summed E-state index contributed by atoms with van der Waals surface area (Å²) in [6.45, 7) is 0.374. The molecule has 0 spiro atoms. The van der Waals surface area contributed by atoms with Crippen LogP contribution in [0.1, 0.15) is 5.56 Å². The molecule has 2 rings (SSSR count). The normalized spacial score (nSPS) is 16.7. The Morgan fingerprint density at radius 3 is 2.57 bits per heavy atom. The number of oxime groups is 1. The van der Waals surface area contributed by atoms with Gasteiger partial charge in [-0.15, -0.1) is 0 Å². The van der Waals surface area contributed by atoms with E-state index in [0.717, 1.165) is 5.56 Å². The molecular weight excluding hydrogens is 297 g/mol. The second-order valence-corrected chi connectivity index (χ2v) is 5.10. The Balaban J connectivity index is 2.25. The Labute approximate surface area is 133 Å². The van der Waals surface area contributed by atoms with Gasteiger partial charge < -0.3 is 15.2 Å². The maximum Gasteiger partial charge on any atom is 0.130 e. The van der Waals surface area contributed by atoms with Gasteiger partial charge in [0, 0.05) is 13.6 Å². The molecule has 0 fully saturated rings. The van der Waals surface area contributed by atoms with Crippen molar-refractivity contribution >= 4 is 11.4 Å². The highest BCUT2D eigenvalue weighted by Crippen LogP contribution is 2.19. The molecule has 0 heterocycles. The SMILES string of the molecule is CN(Cc1ccc(F)cc1)C1=CC(/C=C/CO)=CC(=N/O)/C1=N. The predicted octanol–water partition coefficient (Wildman–Crippen LogP) is 2.48. The average Bonchev–Trinajstić information content (AvgIpc) is 2.55. The van der Waals surface area contributed by atoms with Crippen molar-refractivity contribution < 1.29 is 14.7 Å². The monoisotopic (exact) mass is 315 g/mol. The first-order chi connectivity index (χ1) is 11.0. The largest absolute Gasteiger partial charge is 0.410 e. The fraction of sp³-hybridized carbons (Fsp3) is 0.176. The van der Waals surface area contributed by atoms with E-state index in [4.69, 9.17) is 15.7 Å². The smallest absolute Gasteiger partial charge is 0.130 e. The van der Waals surface area contributed by atoms with Crippen LogP contribution in [0.25, 0.3) is 0 Å². The number of aliphatic hydroxyl groups excluding tert-OH is 1. The van der Waals surface area contributed by atoms with E-state index in [2.05, 4.69) is 5.16 Å². The molecule has 0 atom stereocenters. The highest BCUT2D eigenvalue weighted by molar-refractivity contribution is 6.51. The molecular formula is C17H18FN3O2. The molecule has 0 unspecified atom stereocenters. The Morgan fingerprint density at radius 2 is 1.96 bits per heavy atom. The van der Waals surface area contributed by atoms with Crippen molar-refractivity contribution in [3.63, 3.8) is 0 Å².